The van der Waals surface area contributed by atoms with Crippen molar-refractivity contribution in [3.8, 4) is 11.5 Å². The highest BCUT2D eigenvalue weighted by Crippen LogP contribution is 2.45. The van der Waals surface area contributed by atoms with Gasteiger partial charge in [-0.3, -0.25) is 0 Å². The third kappa shape index (κ3) is 4.42. The molecule has 0 aliphatic heterocycles. The van der Waals surface area contributed by atoms with Crippen LogP contribution < -0.4 is 0 Å². The Hall–Kier alpha value is -1.48. The van der Waals surface area contributed by atoms with Crippen LogP contribution in [0.4, 0.5) is 0 Å². The van der Waals surface area contributed by atoms with E-state index in [4.69, 9.17) is 32.7 Å². The van der Waals surface area contributed by atoms with Crippen molar-refractivity contribution in [2.75, 3.05) is 14.2 Å². The van der Waals surface area contributed by atoms with Gasteiger partial charge >= 0.3 is 11.9 Å². The zero-order valence-electron chi connectivity index (χ0n) is 16.3. The molecule has 30 heavy (non-hydrogen) atoms. The lowest BCUT2D eigenvalue weighted by atomic mass is 9.85. The number of hydrogen-bond donors (Lipinski definition) is 2. The predicted molar refractivity (Wildman–Crippen MR) is 121 cm³/mol. The van der Waals surface area contributed by atoms with Crippen LogP contribution in [0.15, 0.2) is 21.1 Å². The van der Waals surface area contributed by atoms with Crippen LogP contribution in [-0.2, 0) is 9.47 Å². The number of halogens is 4. The summed E-state index contributed by atoms with van der Waals surface area (Å²) in [5.41, 5.74) is 2.05. The molecule has 0 heterocycles. The van der Waals surface area contributed by atoms with E-state index in [1.54, 1.807) is 13.8 Å². The maximum atomic E-state index is 12.2. The number of phenolic OH excluding ortho intramolecular Hbond substituents is 2. The highest BCUT2D eigenvalue weighted by Gasteiger charge is 2.31. The molecule has 0 spiro atoms. The van der Waals surface area contributed by atoms with Crippen LogP contribution in [0.25, 0.3) is 0 Å². The molecule has 0 unspecified atom stereocenters. The molecule has 0 radical (unpaired) electrons. The van der Waals surface area contributed by atoms with Crippen LogP contribution >= 0.6 is 55.1 Å². The summed E-state index contributed by atoms with van der Waals surface area (Å²) in [5.74, 6) is -2.77. The number of carbonyl (C=O) groups is 2. The molecule has 0 bridgehead atoms. The maximum Gasteiger partial charge on any atom is 0.341 e. The Balaban J connectivity index is 2.89. The van der Waals surface area contributed by atoms with E-state index in [1.165, 1.54) is 26.4 Å². The van der Waals surface area contributed by atoms with Crippen molar-refractivity contribution < 1.29 is 29.3 Å². The van der Waals surface area contributed by atoms with Gasteiger partial charge in [0.1, 0.15) is 27.5 Å². The molecular weight excluding hydrogens is 567 g/mol. The van der Waals surface area contributed by atoms with Crippen molar-refractivity contribution in [2.45, 2.75) is 24.6 Å². The molecule has 2 rings (SSSR count). The largest absolute Gasteiger partial charge is 0.506 e. The second-order valence-electron chi connectivity index (χ2n) is 6.40. The number of benzene rings is 2. The van der Waals surface area contributed by atoms with Gasteiger partial charge in [-0.15, -0.1) is 23.2 Å². The van der Waals surface area contributed by atoms with Crippen molar-refractivity contribution in [1.82, 2.24) is 0 Å². The number of phenols is 2. The van der Waals surface area contributed by atoms with Gasteiger partial charge in [-0.25, -0.2) is 9.59 Å². The summed E-state index contributed by atoms with van der Waals surface area (Å²) in [6.07, 6.45) is 0. The molecular formula is C20H18Br2Cl2O6. The van der Waals surface area contributed by atoms with E-state index in [-0.39, 0.29) is 31.6 Å². The van der Waals surface area contributed by atoms with Gasteiger partial charge in [-0.2, -0.15) is 0 Å². The SMILES string of the molecule is COC(=O)c1cc(C(c2cc(C(=O)OC)c(O)c(Br)c2C)C(Cl)Cl)c(C)c(Br)c1O. The minimum Gasteiger partial charge on any atom is -0.506 e. The number of hydrogen-bond acceptors (Lipinski definition) is 6. The normalized spacial score (nSPS) is 11.1. The van der Waals surface area contributed by atoms with Crippen LogP contribution in [0, 0.1) is 13.8 Å². The Morgan fingerprint density at radius 1 is 0.867 bits per heavy atom. The first-order valence-corrected chi connectivity index (χ1v) is 10.9. The molecule has 2 aromatic carbocycles. The highest BCUT2D eigenvalue weighted by atomic mass is 79.9. The predicted octanol–water partition coefficient (Wildman–Crippen LogP) is 5.75. The highest BCUT2D eigenvalue weighted by molar-refractivity contribution is 9.11. The smallest absolute Gasteiger partial charge is 0.341 e. The fourth-order valence-electron chi connectivity index (χ4n) is 3.13. The van der Waals surface area contributed by atoms with Crippen LogP contribution in [0.1, 0.15) is 48.9 Å². The van der Waals surface area contributed by atoms with E-state index in [1.807, 2.05) is 0 Å². The van der Waals surface area contributed by atoms with Crippen molar-refractivity contribution in [1.29, 1.82) is 0 Å². The summed E-state index contributed by atoms with van der Waals surface area (Å²) in [5, 5.41) is 20.7. The Labute approximate surface area is 200 Å². The molecule has 10 heteroatoms. The monoisotopic (exact) mass is 582 g/mol. The average molecular weight is 585 g/mol. The van der Waals surface area contributed by atoms with Crippen LogP contribution in [0.5, 0.6) is 11.5 Å². The summed E-state index contributed by atoms with van der Waals surface area (Å²) < 4.78 is 10.1. The molecule has 0 fully saturated rings. The van der Waals surface area contributed by atoms with E-state index in [0.29, 0.717) is 22.3 Å². The molecule has 6 nitrogen and oxygen atoms in total. The van der Waals surface area contributed by atoms with Gasteiger partial charge in [0, 0.05) is 5.92 Å². The van der Waals surface area contributed by atoms with Gasteiger partial charge in [-0.1, -0.05) is 0 Å². The van der Waals surface area contributed by atoms with Gasteiger partial charge < -0.3 is 19.7 Å². The molecule has 0 atom stereocenters. The molecule has 162 valence electrons. The van der Waals surface area contributed by atoms with Crippen LogP contribution in [0.2, 0.25) is 0 Å². The Bertz CT molecular complexity index is 946. The second kappa shape index (κ2) is 9.77. The third-order valence-electron chi connectivity index (χ3n) is 4.78. The lowest BCUT2D eigenvalue weighted by Gasteiger charge is -2.26. The Morgan fingerprint density at radius 3 is 1.47 bits per heavy atom. The summed E-state index contributed by atoms with van der Waals surface area (Å²) >= 11 is 19.3. The minimum atomic E-state index is -1.01. The zero-order valence-corrected chi connectivity index (χ0v) is 21.0. The van der Waals surface area contributed by atoms with Gasteiger partial charge in [0.25, 0.3) is 0 Å². The van der Waals surface area contributed by atoms with Gasteiger partial charge in [0.05, 0.1) is 23.2 Å². The molecule has 2 aromatic rings. The van der Waals surface area contributed by atoms with Crippen molar-refractivity contribution in [3.63, 3.8) is 0 Å². The van der Waals surface area contributed by atoms with Gasteiger partial charge in [0.15, 0.2) is 0 Å². The fraction of sp³-hybridized carbons (Fsp3) is 0.300. The number of carbonyl (C=O) groups excluding carboxylic acids is 2. The topological polar surface area (TPSA) is 93.1 Å². The van der Waals surface area contributed by atoms with Crippen LogP contribution in [0.3, 0.4) is 0 Å². The van der Waals surface area contributed by atoms with E-state index in [2.05, 4.69) is 31.9 Å². The lowest BCUT2D eigenvalue weighted by molar-refractivity contribution is 0.0588. The average Bonchev–Trinajstić information content (AvgIpc) is 2.72. The van der Waals surface area contributed by atoms with Crippen molar-refractivity contribution in [3.05, 3.63) is 54.5 Å². The molecule has 0 aliphatic carbocycles. The second-order valence-corrected chi connectivity index (χ2v) is 9.15. The summed E-state index contributed by atoms with van der Waals surface area (Å²) in [6, 6.07) is 2.89. The molecule has 0 aliphatic rings. The van der Waals surface area contributed by atoms with E-state index in [9.17, 15) is 19.8 Å². The maximum absolute atomic E-state index is 12.2. The quantitative estimate of drug-likeness (QED) is 0.343. The first-order valence-electron chi connectivity index (χ1n) is 8.46. The number of esters is 2. The van der Waals surface area contributed by atoms with Crippen molar-refractivity contribution in [2.24, 2.45) is 0 Å². The Kier molecular flexibility index (Phi) is 8.07. The molecule has 2 N–H and O–H groups in total. The minimum absolute atomic E-state index is 0.0763. The molecule has 0 saturated carbocycles. The summed E-state index contributed by atoms with van der Waals surface area (Å²) in [7, 11) is 2.39. The first kappa shape index (κ1) is 24.8. The molecule has 0 saturated heterocycles. The summed E-state index contributed by atoms with van der Waals surface area (Å²) in [4.78, 5) is 23.3. The zero-order chi connectivity index (χ0) is 22.9. The number of alkyl halides is 2. The summed E-state index contributed by atoms with van der Waals surface area (Å²) in [6.45, 7) is 3.44. The van der Waals surface area contributed by atoms with E-state index in [0.717, 1.165) is 0 Å². The van der Waals surface area contributed by atoms with E-state index >= 15 is 0 Å². The van der Waals surface area contributed by atoms with Crippen molar-refractivity contribution >= 4 is 67.0 Å². The Morgan fingerprint density at radius 2 is 1.20 bits per heavy atom. The lowest BCUT2D eigenvalue weighted by Crippen LogP contribution is -2.16. The van der Waals surface area contributed by atoms with Gasteiger partial charge in [0.2, 0.25) is 0 Å². The number of ether oxygens (including phenoxy) is 2. The number of rotatable bonds is 5. The van der Waals surface area contributed by atoms with E-state index < -0.39 is 22.7 Å². The fourth-order valence-corrected chi connectivity index (χ4v) is 4.55. The number of aromatic hydroxyl groups is 2. The molecule has 0 aromatic heterocycles. The third-order valence-corrected chi connectivity index (χ3v) is 7.23. The first-order chi connectivity index (χ1) is 14.0. The van der Waals surface area contributed by atoms with Gasteiger partial charge in [-0.05, 0) is 80.1 Å². The van der Waals surface area contributed by atoms with Crippen LogP contribution in [-0.4, -0.2) is 41.2 Å². The standard InChI is InChI=1S/C20H18Br2Cl2O6/c1-7-9(5-11(19(27)29-3)16(25)14(7)21)13(18(23)24)10-6-12(20(28)30-4)17(26)15(22)8(10)2/h5-6,13,18,25-26H,1-4H3. The molecule has 0 amide bonds. The number of methoxy groups -OCH3 is 2.